The molecule has 1 aliphatic rings. The highest BCUT2D eigenvalue weighted by atomic mass is 79.9. The number of hydrogen-bond donors (Lipinski definition) is 2. The molecule has 2 heterocycles. The smallest absolute Gasteiger partial charge is 0.239 e. The van der Waals surface area contributed by atoms with Crippen LogP contribution in [0, 0.1) is 0 Å². The number of nitrogens with one attached hydrogen (secondary N) is 1. The molecule has 1 aliphatic heterocycles. The summed E-state index contributed by atoms with van der Waals surface area (Å²) in [5, 5.41) is 0. The molecule has 2 aromatic rings. The van der Waals surface area contributed by atoms with E-state index in [2.05, 4.69) is 65.4 Å². The zero-order chi connectivity index (χ0) is 14.7. The summed E-state index contributed by atoms with van der Waals surface area (Å²) in [6.07, 6.45) is 1.72. The highest BCUT2D eigenvalue weighted by Crippen LogP contribution is 2.26. The molecule has 1 saturated heterocycles. The SMILES string of the molecule is NNc1ncc(Br)c(N2CCN(c3ccccc3)CC2)n1. The fourth-order valence-corrected chi connectivity index (χ4v) is 2.91. The lowest BCUT2D eigenvalue weighted by atomic mass is 10.2. The number of rotatable bonds is 3. The van der Waals surface area contributed by atoms with Crippen LogP contribution in [-0.4, -0.2) is 36.1 Å². The Balaban J connectivity index is 1.71. The molecule has 0 aliphatic carbocycles. The van der Waals surface area contributed by atoms with Crippen molar-refractivity contribution in [1.82, 2.24) is 9.97 Å². The Hall–Kier alpha value is -1.86. The van der Waals surface area contributed by atoms with E-state index in [9.17, 15) is 0 Å². The molecule has 1 aromatic heterocycles. The van der Waals surface area contributed by atoms with E-state index in [1.807, 2.05) is 6.07 Å². The first-order valence-electron chi connectivity index (χ1n) is 6.82. The Bertz CT molecular complexity index is 598. The number of anilines is 3. The molecule has 6 nitrogen and oxygen atoms in total. The lowest BCUT2D eigenvalue weighted by Crippen LogP contribution is -2.47. The maximum Gasteiger partial charge on any atom is 0.239 e. The van der Waals surface area contributed by atoms with E-state index in [-0.39, 0.29) is 0 Å². The molecule has 0 saturated carbocycles. The monoisotopic (exact) mass is 348 g/mol. The largest absolute Gasteiger partial charge is 0.368 e. The van der Waals surface area contributed by atoms with Crippen LogP contribution >= 0.6 is 15.9 Å². The van der Waals surface area contributed by atoms with Crippen molar-refractivity contribution in [3.8, 4) is 0 Å². The van der Waals surface area contributed by atoms with Gasteiger partial charge in [0.1, 0.15) is 5.82 Å². The van der Waals surface area contributed by atoms with Gasteiger partial charge in [0.2, 0.25) is 5.95 Å². The molecule has 0 spiro atoms. The number of aromatic nitrogens is 2. The van der Waals surface area contributed by atoms with Crippen molar-refractivity contribution in [3.05, 3.63) is 41.0 Å². The summed E-state index contributed by atoms with van der Waals surface area (Å²) in [7, 11) is 0. The summed E-state index contributed by atoms with van der Waals surface area (Å²) in [4.78, 5) is 13.1. The molecule has 3 N–H and O–H groups in total. The third kappa shape index (κ3) is 3.08. The summed E-state index contributed by atoms with van der Waals surface area (Å²) >= 11 is 3.51. The molecule has 1 fully saturated rings. The lowest BCUT2D eigenvalue weighted by Gasteiger charge is -2.37. The van der Waals surface area contributed by atoms with E-state index in [4.69, 9.17) is 5.84 Å². The number of hydrazine groups is 1. The van der Waals surface area contributed by atoms with Gasteiger partial charge in [-0.25, -0.2) is 10.8 Å². The van der Waals surface area contributed by atoms with Crippen molar-refractivity contribution in [2.75, 3.05) is 41.4 Å². The standard InChI is InChI=1S/C14H17BrN6/c15-12-10-17-14(19-16)18-13(12)21-8-6-20(7-9-21)11-4-2-1-3-5-11/h1-5,10H,6-9,16H2,(H,17,18,19). The van der Waals surface area contributed by atoms with Crippen LogP contribution in [0.5, 0.6) is 0 Å². The van der Waals surface area contributed by atoms with Gasteiger partial charge in [0.15, 0.2) is 0 Å². The Morgan fingerprint density at radius 2 is 1.71 bits per heavy atom. The summed E-state index contributed by atoms with van der Waals surface area (Å²) in [5.74, 6) is 6.69. The maximum atomic E-state index is 5.38. The first-order chi connectivity index (χ1) is 10.3. The predicted octanol–water partition coefficient (Wildman–Crippen LogP) is 1.85. The summed E-state index contributed by atoms with van der Waals surface area (Å²) in [6.45, 7) is 3.75. The number of halogens is 1. The molecule has 3 rings (SSSR count). The van der Waals surface area contributed by atoms with Crippen molar-refractivity contribution < 1.29 is 0 Å². The van der Waals surface area contributed by atoms with E-state index in [0.717, 1.165) is 36.5 Å². The van der Waals surface area contributed by atoms with Crippen LogP contribution in [0.25, 0.3) is 0 Å². The van der Waals surface area contributed by atoms with Gasteiger partial charge in [-0.1, -0.05) is 18.2 Å². The third-order valence-electron chi connectivity index (χ3n) is 3.56. The predicted molar refractivity (Wildman–Crippen MR) is 88.4 cm³/mol. The first-order valence-corrected chi connectivity index (χ1v) is 7.61. The van der Waals surface area contributed by atoms with Gasteiger partial charge in [-0.2, -0.15) is 4.98 Å². The Labute approximate surface area is 132 Å². The number of nitrogens with zero attached hydrogens (tertiary/aromatic N) is 4. The second-order valence-electron chi connectivity index (χ2n) is 4.82. The van der Waals surface area contributed by atoms with Crippen LogP contribution in [0.1, 0.15) is 0 Å². The molecule has 0 unspecified atom stereocenters. The van der Waals surface area contributed by atoms with Crippen LogP contribution < -0.4 is 21.1 Å². The fourth-order valence-electron chi connectivity index (χ4n) is 2.46. The maximum absolute atomic E-state index is 5.38. The molecule has 1 aromatic carbocycles. The Morgan fingerprint density at radius 1 is 1.05 bits per heavy atom. The molecule has 21 heavy (non-hydrogen) atoms. The molecule has 110 valence electrons. The third-order valence-corrected chi connectivity index (χ3v) is 4.11. The van der Waals surface area contributed by atoms with Crippen LogP contribution in [-0.2, 0) is 0 Å². The summed E-state index contributed by atoms with van der Waals surface area (Å²) in [6, 6.07) is 10.5. The van der Waals surface area contributed by atoms with Gasteiger partial charge in [-0.3, -0.25) is 5.43 Å². The first kappa shape index (κ1) is 14.1. The number of piperazine rings is 1. The zero-order valence-corrected chi connectivity index (χ0v) is 13.1. The van der Waals surface area contributed by atoms with Crippen LogP contribution in [0.2, 0.25) is 0 Å². The second kappa shape index (κ2) is 6.28. The number of para-hydroxylation sites is 1. The van der Waals surface area contributed by atoms with E-state index >= 15 is 0 Å². The number of hydrogen-bond acceptors (Lipinski definition) is 6. The van der Waals surface area contributed by atoms with Gasteiger partial charge in [-0.05, 0) is 28.1 Å². The molecule has 0 bridgehead atoms. The average Bonchev–Trinajstić information content (AvgIpc) is 2.56. The van der Waals surface area contributed by atoms with Crippen molar-refractivity contribution in [3.63, 3.8) is 0 Å². The zero-order valence-electron chi connectivity index (χ0n) is 11.5. The average molecular weight is 349 g/mol. The molecule has 0 atom stereocenters. The van der Waals surface area contributed by atoms with Crippen molar-refractivity contribution in [2.45, 2.75) is 0 Å². The van der Waals surface area contributed by atoms with Crippen LogP contribution in [0.15, 0.2) is 41.0 Å². The number of nitrogen functional groups attached to an aromatic ring is 1. The quantitative estimate of drug-likeness (QED) is 0.651. The van der Waals surface area contributed by atoms with Gasteiger partial charge in [0.05, 0.1) is 4.47 Å². The minimum Gasteiger partial charge on any atom is -0.368 e. The fraction of sp³-hybridized carbons (Fsp3) is 0.286. The molecule has 7 heteroatoms. The summed E-state index contributed by atoms with van der Waals surface area (Å²) in [5.41, 5.74) is 3.76. The van der Waals surface area contributed by atoms with Crippen LogP contribution in [0.4, 0.5) is 17.5 Å². The van der Waals surface area contributed by atoms with Crippen molar-refractivity contribution in [1.29, 1.82) is 0 Å². The highest BCUT2D eigenvalue weighted by Gasteiger charge is 2.20. The lowest BCUT2D eigenvalue weighted by molar-refractivity contribution is 0.646. The topological polar surface area (TPSA) is 70.3 Å². The van der Waals surface area contributed by atoms with Crippen molar-refractivity contribution in [2.24, 2.45) is 5.84 Å². The van der Waals surface area contributed by atoms with E-state index in [0.29, 0.717) is 5.95 Å². The van der Waals surface area contributed by atoms with Gasteiger partial charge >= 0.3 is 0 Å². The van der Waals surface area contributed by atoms with Gasteiger partial charge in [-0.15, -0.1) is 0 Å². The van der Waals surface area contributed by atoms with Gasteiger partial charge < -0.3 is 9.80 Å². The molecule has 0 radical (unpaired) electrons. The Morgan fingerprint density at radius 3 is 2.38 bits per heavy atom. The van der Waals surface area contributed by atoms with Gasteiger partial charge in [0, 0.05) is 38.1 Å². The molecular weight excluding hydrogens is 332 g/mol. The highest BCUT2D eigenvalue weighted by molar-refractivity contribution is 9.10. The normalized spacial score (nSPS) is 15.1. The van der Waals surface area contributed by atoms with E-state index in [1.165, 1.54) is 5.69 Å². The van der Waals surface area contributed by atoms with E-state index in [1.54, 1.807) is 6.20 Å². The minimum atomic E-state index is 0.429. The minimum absolute atomic E-state index is 0.429. The second-order valence-corrected chi connectivity index (χ2v) is 5.67. The van der Waals surface area contributed by atoms with E-state index < -0.39 is 0 Å². The van der Waals surface area contributed by atoms with Crippen LogP contribution in [0.3, 0.4) is 0 Å². The molecule has 0 amide bonds. The Kier molecular flexibility index (Phi) is 4.21. The number of benzene rings is 1. The van der Waals surface area contributed by atoms with Crippen molar-refractivity contribution >= 4 is 33.4 Å². The molecular formula is C14H17BrN6. The summed E-state index contributed by atoms with van der Waals surface area (Å²) < 4.78 is 0.884. The number of nitrogens with two attached hydrogens (primary N) is 1. The van der Waals surface area contributed by atoms with Gasteiger partial charge in [0.25, 0.3) is 0 Å².